The second-order valence-corrected chi connectivity index (χ2v) is 15.9. The molecule has 0 spiro atoms. The van der Waals surface area contributed by atoms with Crippen LogP contribution < -0.4 is 10.6 Å². The molecule has 54 heavy (non-hydrogen) atoms. The number of aliphatic hydroxyl groups excluding tert-OH is 2. The van der Waals surface area contributed by atoms with E-state index in [4.69, 9.17) is 0 Å². The molecule has 0 saturated heterocycles. The minimum absolute atomic E-state index is 0.201. The first-order valence-electron chi connectivity index (χ1n) is 19.8. The molecule has 4 aliphatic heterocycles. The SMILES string of the molecule is C[C@@H]1CCc2nc(C(=O)NC[C@H](O)CN3CCc4ccccc4C3)cn2C1.C[C@H]1CCc2nc(C(=O)NC[C@H](O)CN3CCc4ccccc4C3)cn2C1. The highest BCUT2D eigenvalue weighted by Gasteiger charge is 2.24. The monoisotopic (exact) mass is 736 g/mol. The predicted octanol–water partition coefficient (Wildman–Crippen LogP) is 3.23. The van der Waals surface area contributed by atoms with E-state index in [1.807, 2.05) is 12.4 Å². The number of aliphatic hydroxyl groups is 2. The van der Waals surface area contributed by atoms with E-state index in [2.05, 4.69) is 102 Å². The fraction of sp³-hybridized carbons (Fsp3) is 0.524. The largest absolute Gasteiger partial charge is 0.390 e. The van der Waals surface area contributed by atoms with Crippen LogP contribution in [0.15, 0.2) is 60.9 Å². The van der Waals surface area contributed by atoms with Gasteiger partial charge in [-0.1, -0.05) is 62.4 Å². The molecule has 288 valence electrons. The fourth-order valence-electron chi connectivity index (χ4n) is 8.19. The van der Waals surface area contributed by atoms with Crippen LogP contribution in [0.4, 0.5) is 0 Å². The molecule has 0 radical (unpaired) electrons. The van der Waals surface area contributed by atoms with Gasteiger partial charge in [-0.15, -0.1) is 0 Å². The summed E-state index contributed by atoms with van der Waals surface area (Å²) in [5.74, 6) is 2.83. The Morgan fingerprint density at radius 2 is 1.07 bits per heavy atom. The van der Waals surface area contributed by atoms with Gasteiger partial charge in [0.25, 0.3) is 11.8 Å². The van der Waals surface area contributed by atoms with Crippen molar-refractivity contribution >= 4 is 11.8 Å². The number of nitrogens with one attached hydrogen (secondary N) is 2. The molecule has 6 heterocycles. The lowest BCUT2D eigenvalue weighted by Gasteiger charge is -2.30. The van der Waals surface area contributed by atoms with Crippen LogP contribution in [0.5, 0.6) is 0 Å². The van der Waals surface area contributed by atoms with Crippen LogP contribution >= 0.6 is 0 Å². The van der Waals surface area contributed by atoms with E-state index in [9.17, 15) is 19.8 Å². The number of fused-ring (bicyclic) bond motifs is 4. The average Bonchev–Trinajstić information content (AvgIpc) is 3.80. The summed E-state index contributed by atoms with van der Waals surface area (Å²) >= 11 is 0. The van der Waals surface area contributed by atoms with Crippen LogP contribution in [-0.2, 0) is 51.9 Å². The number of aromatic nitrogens is 4. The second-order valence-electron chi connectivity index (χ2n) is 15.9. The van der Waals surface area contributed by atoms with Crippen LogP contribution in [0.1, 0.15) is 81.6 Å². The minimum atomic E-state index is -0.587. The van der Waals surface area contributed by atoms with E-state index in [0.717, 1.165) is 89.4 Å². The van der Waals surface area contributed by atoms with Crippen molar-refractivity contribution in [2.24, 2.45) is 11.8 Å². The number of hydrogen-bond acceptors (Lipinski definition) is 8. The van der Waals surface area contributed by atoms with Gasteiger partial charge in [0.15, 0.2) is 0 Å². The van der Waals surface area contributed by atoms with Gasteiger partial charge in [0, 0.05) is 90.7 Å². The normalized spacial score (nSPS) is 20.6. The molecule has 12 nitrogen and oxygen atoms in total. The van der Waals surface area contributed by atoms with Crippen molar-refractivity contribution in [1.82, 2.24) is 39.5 Å². The van der Waals surface area contributed by atoms with E-state index in [-0.39, 0.29) is 24.9 Å². The Labute approximate surface area is 318 Å². The summed E-state index contributed by atoms with van der Waals surface area (Å²) in [4.78, 5) is 38.2. The molecule has 2 aromatic heterocycles. The topological polar surface area (TPSA) is 141 Å². The lowest BCUT2D eigenvalue weighted by atomic mass is 10.00. The van der Waals surface area contributed by atoms with E-state index >= 15 is 0 Å². The Morgan fingerprint density at radius 1 is 0.667 bits per heavy atom. The molecule has 4 N–H and O–H groups in total. The highest BCUT2D eigenvalue weighted by molar-refractivity contribution is 5.92. The Kier molecular flexibility index (Phi) is 12.2. The first-order chi connectivity index (χ1) is 26.2. The third-order valence-corrected chi connectivity index (χ3v) is 11.3. The van der Waals surface area contributed by atoms with Crippen molar-refractivity contribution in [3.63, 3.8) is 0 Å². The molecule has 0 fully saturated rings. The van der Waals surface area contributed by atoms with Gasteiger partial charge in [-0.25, -0.2) is 9.97 Å². The molecule has 4 aliphatic rings. The molecule has 4 atom stereocenters. The molecule has 8 rings (SSSR count). The van der Waals surface area contributed by atoms with Crippen LogP contribution in [0.25, 0.3) is 0 Å². The highest BCUT2D eigenvalue weighted by Crippen LogP contribution is 2.22. The van der Waals surface area contributed by atoms with Crippen LogP contribution in [0, 0.1) is 11.8 Å². The zero-order valence-electron chi connectivity index (χ0n) is 31.8. The van der Waals surface area contributed by atoms with Crippen molar-refractivity contribution in [1.29, 1.82) is 0 Å². The smallest absolute Gasteiger partial charge is 0.271 e. The maximum absolute atomic E-state index is 12.4. The summed E-state index contributed by atoms with van der Waals surface area (Å²) in [5.41, 5.74) is 6.37. The first kappa shape index (κ1) is 37.9. The van der Waals surface area contributed by atoms with Gasteiger partial charge in [0.2, 0.25) is 0 Å². The van der Waals surface area contributed by atoms with Gasteiger partial charge >= 0.3 is 0 Å². The quantitative estimate of drug-likeness (QED) is 0.195. The number of aryl methyl sites for hydroxylation is 2. The van der Waals surface area contributed by atoms with Crippen molar-refractivity contribution in [3.05, 3.63) is 106 Å². The third kappa shape index (κ3) is 9.65. The molecule has 0 aliphatic carbocycles. The van der Waals surface area contributed by atoms with Crippen LogP contribution in [0.2, 0.25) is 0 Å². The van der Waals surface area contributed by atoms with Crippen LogP contribution in [0.3, 0.4) is 0 Å². The molecule has 0 unspecified atom stereocenters. The second kappa shape index (κ2) is 17.4. The van der Waals surface area contributed by atoms with Crippen molar-refractivity contribution in [2.75, 3.05) is 39.3 Å². The number of carbonyl (C=O) groups excluding carboxylic acids is 2. The number of amides is 2. The average molecular weight is 737 g/mol. The molecule has 0 bridgehead atoms. The van der Waals surface area contributed by atoms with Crippen molar-refractivity contribution in [3.8, 4) is 0 Å². The number of hydrogen-bond donors (Lipinski definition) is 4. The molecular formula is C42H56N8O4. The molecule has 0 saturated carbocycles. The first-order valence-corrected chi connectivity index (χ1v) is 19.8. The molecule has 2 amide bonds. The number of nitrogens with zero attached hydrogens (tertiary/aromatic N) is 6. The van der Waals surface area contributed by atoms with Gasteiger partial charge in [0.1, 0.15) is 23.0 Å². The molecule has 12 heteroatoms. The Bertz CT molecular complexity index is 1770. The van der Waals surface area contributed by atoms with Gasteiger partial charge in [0.05, 0.1) is 12.2 Å². The summed E-state index contributed by atoms with van der Waals surface area (Å²) < 4.78 is 4.18. The van der Waals surface area contributed by atoms with Gasteiger partial charge in [-0.05, 0) is 59.8 Å². The lowest BCUT2D eigenvalue weighted by molar-refractivity contribution is 0.0836. The standard InChI is InChI=1S/2C21H28N4O2/c2*1-15-6-7-20-23-19(14-25(20)11-15)21(27)22-10-18(26)13-24-9-8-16-4-2-3-5-17(16)12-24/h2*2-5,14-15,18,26H,6-13H2,1H3,(H,22,27)/t15-,18+;15-,18-/m10/s1. The zero-order valence-corrected chi connectivity index (χ0v) is 31.8. The number of carbonyl (C=O) groups is 2. The molecule has 4 aromatic rings. The maximum Gasteiger partial charge on any atom is 0.271 e. The molecule has 2 aromatic carbocycles. The predicted molar refractivity (Wildman–Crippen MR) is 207 cm³/mol. The Balaban J connectivity index is 0.000000167. The molecular weight excluding hydrogens is 681 g/mol. The van der Waals surface area contributed by atoms with E-state index in [1.165, 1.54) is 22.3 Å². The van der Waals surface area contributed by atoms with E-state index < -0.39 is 12.2 Å². The Morgan fingerprint density at radius 3 is 1.50 bits per heavy atom. The number of β-amino-alcohol motifs (C(OH)–C–C–N with tert-alkyl or cyclic N) is 2. The fourth-order valence-corrected chi connectivity index (χ4v) is 8.19. The summed E-state index contributed by atoms with van der Waals surface area (Å²) in [5, 5.41) is 26.4. The van der Waals surface area contributed by atoms with Gasteiger partial charge < -0.3 is 30.0 Å². The highest BCUT2D eigenvalue weighted by atomic mass is 16.3. The minimum Gasteiger partial charge on any atom is -0.390 e. The summed E-state index contributed by atoms with van der Waals surface area (Å²) in [6, 6.07) is 16.9. The third-order valence-electron chi connectivity index (χ3n) is 11.3. The van der Waals surface area contributed by atoms with E-state index in [0.29, 0.717) is 36.3 Å². The van der Waals surface area contributed by atoms with Crippen LogP contribution in [-0.4, -0.2) is 102 Å². The lowest BCUT2D eigenvalue weighted by Crippen LogP contribution is -2.42. The summed E-state index contributed by atoms with van der Waals surface area (Å²) in [6.07, 6.45) is 8.62. The van der Waals surface area contributed by atoms with Crippen molar-refractivity contribution in [2.45, 2.75) is 90.8 Å². The maximum atomic E-state index is 12.4. The van der Waals surface area contributed by atoms with Gasteiger partial charge in [-0.3, -0.25) is 19.4 Å². The number of benzene rings is 2. The Hall–Kier alpha value is -4.36. The number of imidazole rings is 2. The van der Waals surface area contributed by atoms with E-state index in [1.54, 1.807) is 0 Å². The summed E-state index contributed by atoms with van der Waals surface area (Å²) in [6.45, 7) is 11.5. The summed E-state index contributed by atoms with van der Waals surface area (Å²) in [7, 11) is 0. The van der Waals surface area contributed by atoms with Gasteiger partial charge in [-0.2, -0.15) is 0 Å². The number of rotatable bonds is 10. The zero-order chi connectivity index (χ0) is 37.6. The van der Waals surface area contributed by atoms with Crippen molar-refractivity contribution < 1.29 is 19.8 Å².